The van der Waals surface area contributed by atoms with Gasteiger partial charge in [-0.15, -0.1) is 11.3 Å². The van der Waals surface area contributed by atoms with Gasteiger partial charge >= 0.3 is 11.9 Å². The monoisotopic (exact) mass is 532 g/mol. The molecule has 38 heavy (non-hydrogen) atoms. The number of thiazole rings is 1. The number of benzene rings is 2. The highest BCUT2D eigenvalue weighted by molar-refractivity contribution is 7.07. The second kappa shape index (κ2) is 11.6. The first-order valence-corrected chi connectivity index (χ1v) is 13.5. The Bertz CT molecular complexity index is 1560. The summed E-state index contributed by atoms with van der Waals surface area (Å²) in [5.41, 5.74) is 10.1. The van der Waals surface area contributed by atoms with Gasteiger partial charge in [-0.2, -0.15) is 0 Å². The molecule has 7 nitrogen and oxygen atoms in total. The highest BCUT2D eigenvalue weighted by Crippen LogP contribution is 2.37. The van der Waals surface area contributed by atoms with Gasteiger partial charge in [-0.3, -0.25) is 9.36 Å². The van der Waals surface area contributed by atoms with E-state index in [4.69, 9.17) is 15.2 Å². The van der Waals surface area contributed by atoms with Gasteiger partial charge in [0.15, 0.2) is 0 Å². The van der Waals surface area contributed by atoms with Crippen LogP contribution in [0.3, 0.4) is 0 Å². The van der Waals surface area contributed by atoms with Crippen molar-refractivity contribution in [2.24, 2.45) is 5.73 Å². The van der Waals surface area contributed by atoms with E-state index in [2.05, 4.69) is 0 Å². The molecule has 0 aliphatic carbocycles. The van der Waals surface area contributed by atoms with Crippen LogP contribution < -0.4 is 20.5 Å². The number of rotatable bonds is 8. The number of aromatic nitrogens is 1. The predicted octanol–water partition coefficient (Wildman–Crippen LogP) is 3.34. The Morgan fingerprint density at radius 1 is 0.947 bits per heavy atom. The fourth-order valence-electron chi connectivity index (χ4n) is 4.35. The van der Waals surface area contributed by atoms with Gasteiger partial charge in [-0.25, -0.2) is 9.59 Å². The molecule has 1 aromatic heterocycles. The number of carbonyl (C=O) groups excluding carboxylic acids is 2. The molecule has 2 N–H and O–H groups in total. The van der Waals surface area contributed by atoms with Crippen molar-refractivity contribution in [1.29, 1.82) is 0 Å². The number of hydrogen-bond acceptors (Lipinski definition) is 7. The Morgan fingerprint density at radius 3 is 2.16 bits per heavy atom. The normalized spacial score (nSPS) is 15.4. The maximum Gasteiger partial charge on any atom is 0.338 e. The molecule has 1 atom stereocenters. The molecule has 0 fully saturated rings. The van der Waals surface area contributed by atoms with Crippen LogP contribution in [-0.4, -0.2) is 29.7 Å². The van der Waals surface area contributed by atoms with Crippen molar-refractivity contribution in [3.05, 3.63) is 95.9 Å². The van der Waals surface area contributed by atoms with Crippen LogP contribution in [0.25, 0.3) is 17.5 Å². The molecule has 0 spiro atoms. The number of nitrogens with zero attached hydrogens (tertiary/aromatic N) is 1. The summed E-state index contributed by atoms with van der Waals surface area (Å²) in [7, 11) is 0. The van der Waals surface area contributed by atoms with Crippen LogP contribution in [0.5, 0.6) is 0 Å². The number of unbranched alkanes of at least 4 members (excludes halogenated alkanes) is 1. The molecule has 3 aromatic rings. The molecule has 1 unspecified atom stereocenters. The van der Waals surface area contributed by atoms with E-state index in [1.807, 2.05) is 69.3 Å². The summed E-state index contributed by atoms with van der Waals surface area (Å²) in [5, 5.41) is 0. The van der Waals surface area contributed by atoms with Gasteiger partial charge in [-0.05, 0) is 44.4 Å². The van der Waals surface area contributed by atoms with Crippen LogP contribution in [0, 0.1) is 13.8 Å². The highest BCUT2D eigenvalue weighted by Gasteiger charge is 2.39. The molecule has 0 radical (unpaired) electrons. The summed E-state index contributed by atoms with van der Waals surface area (Å²) in [4.78, 5) is 40.6. The van der Waals surface area contributed by atoms with E-state index in [1.165, 1.54) is 4.57 Å². The molecular formula is C30H32N2O5S. The van der Waals surface area contributed by atoms with E-state index < -0.39 is 23.4 Å². The SMILES string of the molecule is CCCCOC(=O)C1=C(N)n2c(sc(=Cc3ccc(C)cc3)c2=O)=C(C(=O)OCC)C1c1ccc(C)cc1. The summed E-state index contributed by atoms with van der Waals surface area (Å²) in [6, 6.07) is 15.3. The minimum atomic E-state index is -0.853. The lowest BCUT2D eigenvalue weighted by molar-refractivity contribution is -0.139. The van der Waals surface area contributed by atoms with E-state index in [0.717, 1.165) is 34.4 Å². The number of nitrogens with two attached hydrogens (primary N) is 1. The van der Waals surface area contributed by atoms with Crippen LogP contribution in [0.1, 0.15) is 54.9 Å². The number of ether oxygens (including phenoxy) is 2. The van der Waals surface area contributed by atoms with Crippen molar-refractivity contribution >= 4 is 40.7 Å². The molecule has 4 rings (SSSR count). The first kappa shape index (κ1) is 27.1. The number of aryl methyl sites for hydroxylation is 2. The van der Waals surface area contributed by atoms with Crippen LogP contribution in [0.4, 0.5) is 0 Å². The molecule has 0 saturated heterocycles. The zero-order chi connectivity index (χ0) is 27.4. The summed E-state index contributed by atoms with van der Waals surface area (Å²) < 4.78 is 13.0. The lowest BCUT2D eigenvalue weighted by Gasteiger charge is -2.27. The molecule has 1 aliphatic heterocycles. The van der Waals surface area contributed by atoms with Gasteiger partial charge in [0.25, 0.3) is 5.56 Å². The second-order valence-corrected chi connectivity index (χ2v) is 10.3. The van der Waals surface area contributed by atoms with Gasteiger partial charge in [0.2, 0.25) is 0 Å². The Balaban J connectivity index is 2.04. The van der Waals surface area contributed by atoms with Gasteiger partial charge in [0, 0.05) is 0 Å². The van der Waals surface area contributed by atoms with Crippen molar-refractivity contribution in [3.63, 3.8) is 0 Å². The molecule has 2 aromatic carbocycles. The average Bonchev–Trinajstić information content (AvgIpc) is 3.21. The van der Waals surface area contributed by atoms with Crippen molar-refractivity contribution in [1.82, 2.24) is 4.57 Å². The third-order valence-corrected chi connectivity index (χ3v) is 7.49. The van der Waals surface area contributed by atoms with Gasteiger partial charge in [-0.1, -0.05) is 73.0 Å². The van der Waals surface area contributed by atoms with Gasteiger partial charge in [0.05, 0.1) is 34.8 Å². The summed E-state index contributed by atoms with van der Waals surface area (Å²) >= 11 is 1.15. The topological polar surface area (TPSA) is 101 Å². The van der Waals surface area contributed by atoms with Gasteiger partial charge < -0.3 is 15.2 Å². The Morgan fingerprint density at radius 2 is 1.55 bits per heavy atom. The largest absolute Gasteiger partial charge is 0.463 e. The average molecular weight is 533 g/mol. The zero-order valence-electron chi connectivity index (χ0n) is 22.1. The number of esters is 2. The third kappa shape index (κ3) is 5.36. The minimum absolute atomic E-state index is 0.0371. The fraction of sp³-hybridized carbons (Fsp3) is 0.300. The maximum absolute atomic E-state index is 13.6. The van der Waals surface area contributed by atoms with E-state index in [0.29, 0.717) is 21.2 Å². The molecule has 8 heteroatoms. The Labute approximate surface area is 225 Å². The zero-order valence-corrected chi connectivity index (χ0v) is 22.9. The number of carbonyl (C=O) groups is 2. The predicted molar refractivity (Wildman–Crippen MR) is 150 cm³/mol. The summed E-state index contributed by atoms with van der Waals surface area (Å²) in [5.74, 6) is -2.16. The third-order valence-electron chi connectivity index (χ3n) is 6.38. The smallest absolute Gasteiger partial charge is 0.338 e. The Kier molecular flexibility index (Phi) is 8.32. The molecular weight excluding hydrogens is 500 g/mol. The second-order valence-electron chi connectivity index (χ2n) is 9.23. The van der Waals surface area contributed by atoms with Crippen LogP contribution in [-0.2, 0) is 19.1 Å². The first-order valence-electron chi connectivity index (χ1n) is 12.7. The minimum Gasteiger partial charge on any atom is -0.463 e. The molecule has 2 heterocycles. The fourth-order valence-corrected chi connectivity index (χ4v) is 5.51. The standard InChI is InChI=1S/C30H32N2O5S/c1-5-7-16-37-29(34)24-23(21-14-10-19(4)11-15-21)25(30(35)36-6-2)28-32(26(24)31)27(33)22(38-28)17-20-12-8-18(3)9-13-20/h8-15,17,23H,5-7,16,31H2,1-4H3. The van der Waals surface area contributed by atoms with E-state index in [9.17, 15) is 14.4 Å². The van der Waals surface area contributed by atoms with Crippen molar-refractivity contribution in [3.8, 4) is 0 Å². The van der Waals surface area contributed by atoms with E-state index in [1.54, 1.807) is 13.0 Å². The Hall–Kier alpha value is -3.91. The van der Waals surface area contributed by atoms with Crippen LogP contribution in [0.2, 0.25) is 0 Å². The molecule has 0 saturated carbocycles. The highest BCUT2D eigenvalue weighted by atomic mass is 32.1. The first-order chi connectivity index (χ1) is 18.3. The van der Waals surface area contributed by atoms with E-state index in [-0.39, 0.29) is 30.2 Å². The lowest BCUT2D eigenvalue weighted by atomic mass is 9.83. The van der Waals surface area contributed by atoms with Crippen molar-refractivity contribution in [2.45, 2.75) is 46.5 Å². The molecule has 198 valence electrons. The molecule has 1 aliphatic rings. The van der Waals surface area contributed by atoms with Crippen molar-refractivity contribution < 1.29 is 19.1 Å². The van der Waals surface area contributed by atoms with E-state index >= 15 is 0 Å². The summed E-state index contributed by atoms with van der Waals surface area (Å²) in [6.07, 6.45) is 3.28. The number of hydrogen-bond donors (Lipinski definition) is 1. The lowest BCUT2D eigenvalue weighted by Crippen LogP contribution is -2.42. The van der Waals surface area contributed by atoms with Crippen molar-refractivity contribution in [2.75, 3.05) is 13.2 Å². The molecule has 0 amide bonds. The number of fused-ring (bicyclic) bond motifs is 1. The van der Waals surface area contributed by atoms with Crippen LogP contribution in [0.15, 0.2) is 58.9 Å². The maximum atomic E-state index is 13.6. The quantitative estimate of drug-likeness (QED) is 0.353. The summed E-state index contributed by atoms with van der Waals surface area (Å²) in [6.45, 7) is 7.99. The van der Waals surface area contributed by atoms with Crippen LogP contribution >= 0.6 is 11.3 Å². The molecule has 0 bridgehead atoms. The van der Waals surface area contributed by atoms with Gasteiger partial charge in [0.1, 0.15) is 10.5 Å².